The van der Waals surface area contributed by atoms with E-state index in [2.05, 4.69) is 5.32 Å². The monoisotopic (exact) mass is 212 g/mol. The summed E-state index contributed by atoms with van der Waals surface area (Å²) in [6.07, 6.45) is 1.47. The second-order valence-electron chi connectivity index (χ2n) is 3.03. The number of amides is 1. The molecule has 1 N–H and O–H groups in total. The van der Waals surface area contributed by atoms with E-state index in [0.717, 1.165) is 0 Å². The molecule has 0 unspecified atom stereocenters. The van der Waals surface area contributed by atoms with E-state index in [1.54, 1.807) is 31.9 Å². The number of hydrogen-bond donors (Lipinski definition) is 1. The van der Waals surface area contributed by atoms with Crippen LogP contribution in [0, 0.1) is 0 Å². The van der Waals surface area contributed by atoms with Gasteiger partial charge in [0.05, 0.1) is 6.54 Å². The number of carbonyl (C=O) groups is 1. The molecule has 0 fully saturated rings. The lowest BCUT2D eigenvalue weighted by atomic mass is 10.4. The van der Waals surface area contributed by atoms with E-state index in [1.807, 2.05) is 12.3 Å². The molecule has 0 atom stereocenters. The van der Waals surface area contributed by atoms with Crippen LogP contribution in [0.1, 0.15) is 10.5 Å². The maximum atomic E-state index is 11.4. The van der Waals surface area contributed by atoms with Crippen molar-refractivity contribution in [2.45, 2.75) is 12.8 Å². The maximum absolute atomic E-state index is 11.4. The number of nitrogens with one attached hydrogen (secondary N) is 1. The summed E-state index contributed by atoms with van der Waals surface area (Å²) < 4.78 is 11.9. The van der Waals surface area contributed by atoms with Crippen molar-refractivity contribution < 1.29 is 14.3 Å². The molecule has 0 aliphatic rings. The predicted molar refractivity (Wildman–Crippen MR) is 55.6 cm³/mol. The Bertz CT molecular complexity index is 318. The molecule has 0 saturated carbocycles. The Morgan fingerprint density at radius 1 is 1.53 bits per heavy atom. The zero-order valence-electron chi connectivity index (χ0n) is 9.19. The van der Waals surface area contributed by atoms with Crippen LogP contribution in [0.3, 0.4) is 0 Å². The Kier molecular flexibility index (Phi) is 4.33. The average molecular weight is 212 g/mol. The van der Waals surface area contributed by atoms with Crippen molar-refractivity contribution in [2.75, 3.05) is 21.3 Å². The number of aromatic nitrogens is 1. The molecule has 84 valence electrons. The van der Waals surface area contributed by atoms with Gasteiger partial charge < -0.3 is 19.4 Å². The van der Waals surface area contributed by atoms with E-state index in [4.69, 9.17) is 9.47 Å². The topological polar surface area (TPSA) is 52.5 Å². The molecule has 5 nitrogen and oxygen atoms in total. The van der Waals surface area contributed by atoms with Gasteiger partial charge in [0.2, 0.25) is 0 Å². The summed E-state index contributed by atoms with van der Waals surface area (Å²) >= 11 is 0. The largest absolute Gasteiger partial charge is 0.354 e. The van der Waals surface area contributed by atoms with Gasteiger partial charge in [0.15, 0.2) is 6.29 Å². The molecule has 0 aliphatic heterocycles. The van der Waals surface area contributed by atoms with Gasteiger partial charge in [-0.3, -0.25) is 4.79 Å². The standard InChI is InChI=1S/C10H16N2O3/c1-11-10(13)8-5-4-6-12(8)7-9(14-2)15-3/h4-6,9H,7H2,1-3H3,(H,11,13). The van der Waals surface area contributed by atoms with Crippen molar-refractivity contribution in [2.24, 2.45) is 0 Å². The Labute approximate surface area is 89.0 Å². The van der Waals surface area contributed by atoms with Gasteiger partial charge >= 0.3 is 0 Å². The first kappa shape index (κ1) is 11.7. The van der Waals surface area contributed by atoms with Crippen LogP contribution in [0.25, 0.3) is 0 Å². The van der Waals surface area contributed by atoms with Gasteiger partial charge in [0.1, 0.15) is 5.69 Å². The fourth-order valence-corrected chi connectivity index (χ4v) is 1.31. The Morgan fingerprint density at radius 2 is 2.20 bits per heavy atom. The molecule has 0 radical (unpaired) electrons. The highest BCUT2D eigenvalue weighted by molar-refractivity contribution is 5.92. The van der Waals surface area contributed by atoms with Crippen molar-refractivity contribution in [1.82, 2.24) is 9.88 Å². The second-order valence-corrected chi connectivity index (χ2v) is 3.03. The van der Waals surface area contributed by atoms with E-state index in [-0.39, 0.29) is 12.2 Å². The number of rotatable bonds is 5. The summed E-state index contributed by atoms with van der Waals surface area (Å²) in [5.74, 6) is -0.119. The summed E-state index contributed by atoms with van der Waals surface area (Å²) in [6, 6.07) is 3.56. The zero-order valence-corrected chi connectivity index (χ0v) is 9.19. The van der Waals surface area contributed by atoms with E-state index in [1.165, 1.54) is 0 Å². The van der Waals surface area contributed by atoms with E-state index >= 15 is 0 Å². The molecule has 0 saturated heterocycles. The first-order chi connectivity index (χ1) is 7.22. The molecule has 0 spiro atoms. The van der Waals surface area contributed by atoms with Crippen LogP contribution in [-0.4, -0.2) is 38.0 Å². The van der Waals surface area contributed by atoms with Crippen molar-refractivity contribution >= 4 is 5.91 Å². The number of nitrogens with zero attached hydrogens (tertiary/aromatic N) is 1. The van der Waals surface area contributed by atoms with E-state index in [9.17, 15) is 4.79 Å². The lowest BCUT2D eigenvalue weighted by Crippen LogP contribution is -2.26. The van der Waals surface area contributed by atoms with Crippen molar-refractivity contribution in [1.29, 1.82) is 0 Å². The minimum atomic E-state index is -0.346. The first-order valence-corrected chi connectivity index (χ1v) is 4.65. The maximum Gasteiger partial charge on any atom is 0.267 e. The molecule has 1 rings (SSSR count). The Balaban J connectivity index is 2.76. The minimum Gasteiger partial charge on any atom is -0.354 e. The fraction of sp³-hybridized carbons (Fsp3) is 0.500. The van der Waals surface area contributed by atoms with Crippen LogP contribution in [0.2, 0.25) is 0 Å². The normalized spacial score (nSPS) is 10.7. The van der Waals surface area contributed by atoms with Crippen LogP contribution in [0.15, 0.2) is 18.3 Å². The van der Waals surface area contributed by atoms with Crippen LogP contribution in [-0.2, 0) is 16.0 Å². The summed E-state index contributed by atoms with van der Waals surface area (Å²) in [5.41, 5.74) is 0.594. The Hall–Kier alpha value is -1.33. The van der Waals surface area contributed by atoms with E-state index in [0.29, 0.717) is 12.2 Å². The Morgan fingerprint density at radius 3 is 2.73 bits per heavy atom. The average Bonchev–Trinajstić information content (AvgIpc) is 2.72. The van der Waals surface area contributed by atoms with Gasteiger partial charge in [0, 0.05) is 27.5 Å². The highest BCUT2D eigenvalue weighted by Gasteiger charge is 2.12. The van der Waals surface area contributed by atoms with Crippen molar-refractivity contribution in [3.05, 3.63) is 24.0 Å². The van der Waals surface area contributed by atoms with Crippen LogP contribution in [0.4, 0.5) is 0 Å². The van der Waals surface area contributed by atoms with Gasteiger partial charge in [-0.25, -0.2) is 0 Å². The molecule has 0 aromatic carbocycles. The molecule has 1 aromatic heterocycles. The number of carbonyl (C=O) groups excluding carboxylic acids is 1. The van der Waals surface area contributed by atoms with Crippen LogP contribution < -0.4 is 5.32 Å². The minimum absolute atomic E-state index is 0.119. The zero-order chi connectivity index (χ0) is 11.3. The first-order valence-electron chi connectivity index (χ1n) is 4.65. The molecule has 1 heterocycles. The third-order valence-electron chi connectivity index (χ3n) is 2.16. The molecule has 1 amide bonds. The summed E-state index contributed by atoms with van der Waals surface area (Å²) in [5, 5.41) is 2.58. The molecular weight excluding hydrogens is 196 g/mol. The smallest absolute Gasteiger partial charge is 0.267 e. The number of hydrogen-bond acceptors (Lipinski definition) is 3. The van der Waals surface area contributed by atoms with Gasteiger partial charge in [-0.2, -0.15) is 0 Å². The van der Waals surface area contributed by atoms with Gasteiger partial charge in [0.25, 0.3) is 5.91 Å². The lowest BCUT2D eigenvalue weighted by molar-refractivity contribution is -0.111. The third kappa shape index (κ3) is 2.81. The lowest BCUT2D eigenvalue weighted by Gasteiger charge is -2.15. The third-order valence-corrected chi connectivity index (χ3v) is 2.16. The summed E-state index contributed by atoms with van der Waals surface area (Å²) in [4.78, 5) is 11.4. The quantitative estimate of drug-likeness (QED) is 0.722. The van der Waals surface area contributed by atoms with Crippen LogP contribution in [0.5, 0.6) is 0 Å². The van der Waals surface area contributed by atoms with Gasteiger partial charge in [-0.05, 0) is 12.1 Å². The predicted octanol–water partition coefficient (Wildman–Crippen LogP) is 0.467. The highest BCUT2D eigenvalue weighted by atomic mass is 16.7. The summed E-state index contributed by atoms with van der Waals surface area (Å²) in [7, 11) is 4.73. The van der Waals surface area contributed by atoms with Gasteiger partial charge in [-0.1, -0.05) is 0 Å². The molecule has 0 aliphatic carbocycles. The highest BCUT2D eigenvalue weighted by Crippen LogP contribution is 2.05. The molecule has 5 heteroatoms. The number of ether oxygens (including phenoxy) is 2. The second kappa shape index (κ2) is 5.53. The number of methoxy groups -OCH3 is 2. The SMILES string of the molecule is CNC(=O)c1cccn1CC(OC)OC. The molecule has 1 aromatic rings. The van der Waals surface area contributed by atoms with Crippen molar-refractivity contribution in [3.63, 3.8) is 0 Å². The molecular formula is C10H16N2O3. The van der Waals surface area contributed by atoms with E-state index < -0.39 is 0 Å². The van der Waals surface area contributed by atoms with Crippen molar-refractivity contribution in [3.8, 4) is 0 Å². The molecule has 15 heavy (non-hydrogen) atoms. The fourth-order valence-electron chi connectivity index (χ4n) is 1.31. The molecule has 0 bridgehead atoms. The summed E-state index contributed by atoms with van der Waals surface area (Å²) in [6.45, 7) is 0.489. The van der Waals surface area contributed by atoms with Crippen LogP contribution >= 0.6 is 0 Å². The van der Waals surface area contributed by atoms with Gasteiger partial charge in [-0.15, -0.1) is 0 Å².